The Kier molecular flexibility index (Phi) is 4.74. The van der Waals surface area contributed by atoms with Crippen LogP contribution in [0.2, 0.25) is 0 Å². The van der Waals surface area contributed by atoms with E-state index < -0.39 is 0 Å². The van der Waals surface area contributed by atoms with Crippen molar-refractivity contribution in [3.8, 4) is 0 Å². The monoisotopic (exact) mass is 274 g/mol. The quantitative estimate of drug-likeness (QED) is 0.897. The van der Waals surface area contributed by atoms with E-state index in [1.807, 2.05) is 0 Å². The van der Waals surface area contributed by atoms with Crippen LogP contribution < -0.4 is 10.2 Å². The number of rotatable bonds is 4. The van der Waals surface area contributed by atoms with Crippen molar-refractivity contribution >= 4 is 5.69 Å². The highest BCUT2D eigenvalue weighted by Gasteiger charge is 2.27. The van der Waals surface area contributed by atoms with Crippen LogP contribution in [0.4, 0.5) is 5.69 Å². The molecule has 1 N–H and O–H groups in total. The first-order valence-corrected chi connectivity index (χ1v) is 8.00. The second kappa shape index (κ2) is 6.17. The van der Waals surface area contributed by atoms with Gasteiger partial charge in [0, 0.05) is 30.4 Å². The lowest BCUT2D eigenvalue weighted by Crippen LogP contribution is -2.50. The Labute approximate surface area is 124 Å². The molecule has 2 rings (SSSR count). The predicted molar refractivity (Wildman–Crippen MR) is 88.5 cm³/mol. The zero-order chi connectivity index (χ0) is 14.8. The summed E-state index contributed by atoms with van der Waals surface area (Å²) in [5, 5.41) is 3.67. The van der Waals surface area contributed by atoms with Crippen molar-refractivity contribution in [2.75, 3.05) is 18.0 Å². The van der Waals surface area contributed by atoms with Crippen LogP contribution in [0.1, 0.15) is 46.6 Å². The normalized spacial score (nSPS) is 20.6. The van der Waals surface area contributed by atoms with E-state index in [0.717, 1.165) is 12.5 Å². The molecule has 0 bridgehead atoms. The molecule has 0 fully saturated rings. The molecule has 0 amide bonds. The highest BCUT2D eigenvalue weighted by Crippen LogP contribution is 2.31. The Balaban J connectivity index is 2.17. The molecule has 2 atom stereocenters. The van der Waals surface area contributed by atoms with E-state index >= 15 is 0 Å². The first-order chi connectivity index (χ1) is 9.40. The van der Waals surface area contributed by atoms with Crippen LogP contribution in [0.5, 0.6) is 0 Å². The van der Waals surface area contributed by atoms with Gasteiger partial charge in [0.25, 0.3) is 0 Å². The van der Waals surface area contributed by atoms with Gasteiger partial charge >= 0.3 is 0 Å². The Morgan fingerprint density at radius 3 is 2.65 bits per heavy atom. The SMILES string of the molecule is CCC(CNC(C)(C)C)N1CC(C)Cc2ccccc21. The van der Waals surface area contributed by atoms with E-state index in [4.69, 9.17) is 0 Å². The number of para-hydroxylation sites is 1. The molecule has 1 aliphatic rings. The Hall–Kier alpha value is -1.02. The highest BCUT2D eigenvalue weighted by molar-refractivity contribution is 5.56. The Morgan fingerprint density at radius 2 is 2.00 bits per heavy atom. The van der Waals surface area contributed by atoms with Gasteiger partial charge in [0.15, 0.2) is 0 Å². The fraction of sp³-hybridized carbons (Fsp3) is 0.667. The maximum absolute atomic E-state index is 3.67. The molecule has 1 heterocycles. The third kappa shape index (κ3) is 3.76. The van der Waals surface area contributed by atoms with Crippen LogP contribution in [0.15, 0.2) is 24.3 Å². The molecule has 0 spiro atoms. The fourth-order valence-corrected chi connectivity index (χ4v) is 3.08. The first-order valence-electron chi connectivity index (χ1n) is 8.00. The van der Waals surface area contributed by atoms with Gasteiger partial charge in [-0.25, -0.2) is 0 Å². The first kappa shape index (κ1) is 15.4. The molecule has 0 saturated heterocycles. The molecule has 1 aromatic rings. The van der Waals surface area contributed by atoms with Gasteiger partial charge in [-0.2, -0.15) is 0 Å². The van der Waals surface area contributed by atoms with Crippen molar-refractivity contribution in [2.45, 2.75) is 59.0 Å². The number of hydrogen-bond donors (Lipinski definition) is 1. The molecule has 112 valence electrons. The molecule has 0 radical (unpaired) electrons. The van der Waals surface area contributed by atoms with Crippen LogP contribution in [-0.2, 0) is 6.42 Å². The minimum atomic E-state index is 0.189. The molecule has 0 saturated carbocycles. The van der Waals surface area contributed by atoms with E-state index in [-0.39, 0.29) is 5.54 Å². The molecular formula is C18H30N2. The number of benzene rings is 1. The number of nitrogens with zero attached hydrogens (tertiary/aromatic N) is 1. The van der Waals surface area contributed by atoms with E-state index in [1.54, 1.807) is 0 Å². The molecule has 2 unspecified atom stereocenters. The molecule has 2 heteroatoms. The minimum absolute atomic E-state index is 0.189. The molecule has 0 aliphatic carbocycles. The van der Waals surface area contributed by atoms with Crippen LogP contribution in [0.25, 0.3) is 0 Å². The number of nitrogens with one attached hydrogen (secondary N) is 1. The largest absolute Gasteiger partial charge is 0.367 e. The van der Waals surface area contributed by atoms with Gasteiger partial charge in [-0.3, -0.25) is 0 Å². The van der Waals surface area contributed by atoms with Gasteiger partial charge in [-0.05, 0) is 51.2 Å². The van der Waals surface area contributed by atoms with Gasteiger partial charge in [0.2, 0.25) is 0 Å². The second-order valence-electron chi connectivity index (χ2n) is 7.28. The van der Waals surface area contributed by atoms with Crippen LogP contribution in [0.3, 0.4) is 0 Å². The summed E-state index contributed by atoms with van der Waals surface area (Å²) >= 11 is 0. The Bertz CT molecular complexity index is 433. The van der Waals surface area contributed by atoms with Crippen molar-refractivity contribution in [2.24, 2.45) is 5.92 Å². The van der Waals surface area contributed by atoms with Gasteiger partial charge in [-0.1, -0.05) is 32.0 Å². The lowest BCUT2D eigenvalue weighted by Gasteiger charge is -2.41. The standard InChI is InChI=1S/C18H30N2/c1-6-16(12-19-18(3,4)5)20-13-14(2)11-15-9-7-8-10-17(15)20/h7-10,14,16,19H,6,11-13H2,1-5H3. The summed E-state index contributed by atoms with van der Waals surface area (Å²) in [5.41, 5.74) is 3.16. The zero-order valence-corrected chi connectivity index (χ0v) is 13.7. The van der Waals surface area contributed by atoms with Crippen LogP contribution in [0, 0.1) is 5.92 Å². The molecular weight excluding hydrogens is 244 g/mol. The van der Waals surface area contributed by atoms with E-state index in [9.17, 15) is 0 Å². The van der Waals surface area contributed by atoms with E-state index in [1.165, 1.54) is 30.6 Å². The van der Waals surface area contributed by atoms with Gasteiger partial charge in [0.05, 0.1) is 0 Å². The Morgan fingerprint density at radius 1 is 1.30 bits per heavy atom. The maximum Gasteiger partial charge on any atom is 0.0412 e. The lowest BCUT2D eigenvalue weighted by molar-refractivity contribution is 0.380. The summed E-state index contributed by atoms with van der Waals surface area (Å²) in [6.07, 6.45) is 2.40. The molecule has 20 heavy (non-hydrogen) atoms. The number of anilines is 1. The summed E-state index contributed by atoms with van der Waals surface area (Å²) in [7, 11) is 0. The van der Waals surface area contributed by atoms with Gasteiger partial charge in [0.1, 0.15) is 0 Å². The summed E-state index contributed by atoms with van der Waals surface area (Å²) in [6, 6.07) is 9.51. The fourth-order valence-electron chi connectivity index (χ4n) is 3.08. The van der Waals surface area contributed by atoms with Crippen molar-refractivity contribution in [1.29, 1.82) is 0 Å². The van der Waals surface area contributed by atoms with Crippen molar-refractivity contribution in [1.82, 2.24) is 5.32 Å². The second-order valence-corrected chi connectivity index (χ2v) is 7.28. The molecule has 0 aromatic heterocycles. The summed E-state index contributed by atoms with van der Waals surface area (Å²) in [6.45, 7) is 13.6. The summed E-state index contributed by atoms with van der Waals surface area (Å²) < 4.78 is 0. The third-order valence-corrected chi connectivity index (χ3v) is 4.16. The summed E-state index contributed by atoms with van der Waals surface area (Å²) in [5.74, 6) is 0.744. The average molecular weight is 274 g/mol. The maximum atomic E-state index is 3.67. The zero-order valence-electron chi connectivity index (χ0n) is 13.7. The molecule has 2 nitrogen and oxygen atoms in total. The van der Waals surface area contributed by atoms with Crippen molar-refractivity contribution in [3.05, 3.63) is 29.8 Å². The third-order valence-electron chi connectivity index (χ3n) is 4.16. The summed E-state index contributed by atoms with van der Waals surface area (Å²) in [4.78, 5) is 2.63. The van der Waals surface area contributed by atoms with Crippen LogP contribution in [-0.4, -0.2) is 24.7 Å². The smallest absolute Gasteiger partial charge is 0.0412 e. The lowest BCUT2D eigenvalue weighted by atomic mass is 9.92. The van der Waals surface area contributed by atoms with E-state index in [2.05, 4.69) is 69.1 Å². The number of hydrogen-bond acceptors (Lipinski definition) is 2. The molecule has 1 aliphatic heterocycles. The average Bonchev–Trinajstić information content (AvgIpc) is 2.37. The van der Waals surface area contributed by atoms with Gasteiger partial charge in [-0.15, -0.1) is 0 Å². The van der Waals surface area contributed by atoms with Crippen molar-refractivity contribution < 1.29 is 0 Å². The minimum Gasteiger partial charge on any atom is -0.367 e. The predicted octanol–water partition coefficient (Wildman–Crippen LogP) is 3.85. The topological polar surface area (TPSA) is 15.3 Å². The van der Waals surface area contributed by atoms with Crippen molar-refractivity contribution in [3.63, 3.8) is 0 Å². The van der Waals surface area contributed by atoms with Crippen LogP contribution >= 0.6 is 0 Å². The number of fused-ring (bicyclic) bond motifs is 1. The van der Waals surface area contributed by atoms with Gasteiger partial charge < -0.3 is 10.2 Å². The van der Waals surface area contributed by atoms with E-state index in [0.29, 0.717) is 6.04 Å². The highest BCUT2D eigenvalue weighted by atomic mass is 15.2. The molecule has 1 aromatic carbocycles.